The number of piperazine rings is 1. The molecule has 1 N–H and O–H groups in total. The van der Waals surface area contributed by atoms with Gasteiger partial charge in [0, 0.05) is 39.3 Å². The molecule has 2 heterocycles. The van der Waals surface area contributed by atoms with Crippen molar-refractivity contribution < 1.29 is 0 Å². The van der Waals surface area contributed by atoms with Crippen molar-refractivity contribution >= 4 is 0 Å². The molecule has 0 aliphatic carbocycles. The SMILES string of the molecule is c1cc(CN2CCNCC2)ccc1CN1CCCCC1. The van der Waals surface area contributed by atoms with Gasteiger partial charge in [0.2, 0.25) is 0 Å². The largest absolute Gasteiger partial charge is 0.314 e. The average molecular weight is 273 g/mol. The van der Waals surface area contributed by atoms with Crippen LogP contribution < -0.4 is 5.32 Å². The van der Waals surface area contributed by atoms with E-state index in [-0.39, 0.29) is 0 Å². The first-order valence-corrected chi connectivity index (χ1v) is 8.13. The molecule has 2 fully saturated rings. The highest BCUT2D eigenvalue weighted by Crippen LogP contribution is 2.14. The topological polar surface area (TPSA) is 18.5 Å². The fourth-order valence-electron chi connectivity index (χ4n) is 3.25. The summed E-state index contributed by atoms with van der Waals surface area (Å²) in [7, 11) is 0. The van der Waals surface area contributed by atoms with Gasteiger partial charge in [-0.3, -0.25) is 9.80 Å². The molecular weight excluding hydrogens is 246 g/mol. The van der Waals surface area contributed by atoms with Crippen LogP contribution in [0.5, 0.6) is 0 Å². The Morgan fingerprint density at radius 2 is 1.20 bits per heavy atom. The molecule has 2 saturated heterocycles. The molecule has 3 nitrogen and oxygen atoms in total. The molecule has 0 radical (unpaired) electrons. The number of rotatable bonds is 4. The summed E-state index contributed by atoms with van der Waals surface area (Å²) >= 11 is 0. The number of nitrogens with one attached hydrogen (secondary N) is 1. The van der Waals surface area contributed by atoms with Gasteiger partial charge in [0.05, 0.1) is 0 Å². The second-order valence-corrected chi connectivity index (χ2v) is 6.18. The fraction of sp³-hybridized carbons (Fsp3) is 0.647. The van der Waals surface area contributed by atoms with Crippen LogP contribution in [-0.2, 0) is 13.1 Å². The van der Waals surface area contributed by atoms with Crippen LogP contribution >= 0.6 is 0 Å². The molecule has 0 atom stereocenters. The lowest BCUT2D eigenvalue weighted by Crippen LogP contribution is -2.42. The highest BCUT2D eigenvalue weighted by Gasteiger charge is 2.11. The zero-order chi connectivity index (χ0) is 13.6. The van der Waals surface area contributed by atoms with Gasteiger partial charge >= 0.3 is 0 Å². The predicted octanol–water partition coefficient (Wildman–Crippen LogP) is 2.08. The van der Waals surface area contributed by atoms with Crippen molar-refractivity contribution in [1.29, 1.82) is 0 Å². The van der Waals surface area contributed by atoms with Crippen LogP contribution in [-0.4, -0.2) is 49.1 Å². The highest BCUT2D eigenvalue weighted by atomic mass is 15.2. The summed E-state index contributed by atoms with van der Waals surface area (Å²) in [6.07, 6.45) is 4.17. The fourth-order valence-corrected chi connectivity index (χ4v) is 3.25. The molecule has 0 bridgehead atoms. The molecule has 20 heavy (non-hydrogen) atoms. The second-order valence-electron chi connectivity index (χ2n) is 6.18. The lowest BCUT2D eigenvalue weighted by Gasteiger charge is -2.28. The van der Waals surface area contributed by atoms with Crippen molar-refractivity contribution in [2.24, 2.45) is 0 Å². The number of piperidine rings is 1. The molecule has 0 spiro atoms. The Morgan fingerprint density at radius 3 is 1.75 bits per heavy atom. The van der Waals surface area contributed by atoms with E-state index in [2.05, 4.69) is 39.4 Å². The van der Waals surface area contributed by atoms with E-state index in [1.54, 1.807) is 0 Å². The monoisotopic (exact) mass is 273 g/mol. The van der Waals surface area contributed by atoms with Gasteiger partial charge < -0.3 is 5.32 Å². The van der Waals surface area contributed by atoms with Crippen molar-refractivity contribution in [1.82, 2.24) is 15.1 Å². The molecular formula is C17H27N3. The lowest BCUT2D eigenvalue weighted by atomic mass is 10.1. The van der Waals surface area contributed by atoms with Crippen molar-refractivity contribution in [3.8, 4) is 0 Å². The minimum absolute atomic E-state index is 1.10. The third-order valence-corrected chi connectivity index (χ3v) is 4.49. The van der Waals surface area contributed by atoms with Crippen molar-refractivity contribution in [2.75, 3.05) is 39.3 Å². The quantitative estimate of drug-likeness (QED) is 0.906. The molecule has 2 aliphatic heterocycles. The van der Waals surface area contributed by atoms with Gasteiger partial charge in [0.25, 0.3) is 0 Å². The minimum atomic E-state index is 1.10. The van der Waals surface area contributed by atoms with Crippen molar-refractivity contribution in [3.05, 3.63) is 35.4 Å². The summed E-state index contributed by atoms with van der Waals surface area (Å²) in [6, 6.07) is 9.29. The maximum atomic E-state index is 3.41. The zero-order valence-electron chi connectivity index (χ0n) is 12.5. The van der Waals surface area contributed by atoms with Crippen molar-refractivity contribution in [2.45, 2.75) is 32.4 Å². The zero-order valence-corrected chi connectivity index (χ0v) is 12.5. The van der Waals surface area contributed by atoms with Gasteiger partial charge in [0.15, 0.2) is 0 Å². The van der Waals surface area contributed by atoms with Crippen LogP contribution in [0.15, 0.2) is 24.3 Å². The third kappa shape index (κ3) is 4.05. The Bertz CT molecular complexity index is 350. The van der Waals surface area contributed by atoms with E-state index < -0.39 is 0 Å². The smallest absolute Gasteiger partial charge is 0.0234 e. The van der Waals surface area contributed by atoms with Gasteiger partial charge in [-0.15, -0.1) is 0 Å². The first-order chi connectivity index (χ1) is 9.90. The Hall–Kier alpha value is -0.900. The van der Waals surface area contributed by atoms with Gasteiger partial charge in [0.1, 0.15) is 0 Å². The highest BCUT2D eigenvalue weighted by molar-refractivity contribution is 5.22. The summed E-state index contributed by atoms with van der Waals surface area (Å²) in [4.78, 5) is 5.13. The van der Waals surface area contributed by atoms with Gasteiger partial charge in [-0.1, -0.05) is 30.7 Å². The first kappa shape index (κ1) is 14.1. The maximum absolute atomic E-state index is 3.41. The van der Waals surface area contributed by atoms with Crippen LogP contribution in [0.1, 0.15) is 30.4 Å². The molecule has 2 aliphatic rings. The Kier molecular flexibility index (Phi) is 5.06. The molecule has 0 aromatic heterocycles. The van der Waals surface area contributed by atoms with E-state index in [4.69, 9.17) is 0 Å². The number of hydrogen-bond acceptors (Lipinski definition) is 3. The lowest BCUT2D eigenvalue weighted by molar-refractivity contribution is 0.220. The number of benzene rings is 1. The van der Waals surface area contributed by atoms with E-state index in [0.717, 1.165) is 26.2 Å². The van der Waals surface area contributed by atoms with Crippen LogP contribution in [0.2, 0.25) is 0 Å². The molecule has 1 aromatic rings. The van der Waals surface area contributed by atoms with Crippen LogP contribution in [0.4, 0.5) is 0 Å². The normalized spacial score (nSPS) is 22.0. The van der Waals surface area contributed by atoms with E-state index in [0.29, 0.717) is 0 Å². The van der Waals surface area contributed by atoms with Crippen LogP contribution in [0.3, 0.4) is 0 Å². The Balaban J connectivity index is 1.51. The molecule has 3 heteroatoms. The molecule has 0 saturated carbocycles. The molecule has 0 amide bonds. The second kappa shape index (κ2) is 7.21. The third-order valence-electron chi connectivity index (χ3n) is 4.49. The summed E-state index contributed by atoms with van der Waals surface area (Å²) in [5, 5.41) is 3.41. The summed E-state index contributed by atoms with van der Waals surface area (Å²) in [6.45, 7) is 9.41. The van der Waals surface area contributed by atoms with Crippen LogP contribution in [0, 0.1) is 0 Å². The van der Waals surface area contributed by atoms with Crippen molar-refractivity contribution in [3.63, 3.8) is 0 Å². The van der Waals surface area contributed by atoms with E-state index in [1.807, 2.05) is 0 Å². The average Bonchev–Trinajstić information content (AvgIpc) is 2.51. The Labute approximate surface area is 123 Å². The van der Waals surface area contributed by atoms with E-state index in [1.165, 1.54) is 56.6 Å². The van der Waals surface area contributed by atoms with Gasteiger partial charge in [-0.2, -0.15) is 0 Å². The number of likely N-dealkylation sites (tertiary alicyclic amines) is 1. The van der Waals surface area contributed by atoms with Gasteiger partial charge in [-0.25, -0.2) is 0 Å². The summed E-state index contributed by atoms with van der Waals surface area (Å²) in [5.74, 6) is 0. The number of hydrogen-bond donors (Lipinski definition) is 1. The standard InChI is InChI=1S/C17H27N3/c1-2-10-19(11-3-1)14-16-4-6-17(7-5-16)15-20-12-8-18-9-13-20/h4-7,18H,1-3,8-15H2. The van der Waals surface area contributed by atoms with E-state index >= 15 is 0 Å². The predicted molar refractivity (Wildman–Crippen MR) is 83.7 cm³/mol. The maximum Gasteiger partial charge on any atom is 0.0234 e. The summed E-state index contributed by atoms with van der Waals surface area (Å²) in [5.41, 5.74) is 2.92. The molecule has 110 valence electrons. The molecule has 0 unspecified atom stereocenters. The van der Waals surface area contributed by atoms with Crippen LogP contribution in [0.25, 0.3) is 0 Å². The van der Waals surface area contributed by atoms with E-state index in [9.17, 15) is 0 Å². The molecule has 3 rings (SSSR count). The minimum Gasteiger partial charge on any atom is -0.314 e. The number of nitrogens with zero attached hydrogens (tertiary/aromatic N) is 2. The Morgan fingerprint density at radius 1 is 0.700 bits per heavy atom. The first-order valence-electron chi connectivity index (χ1n) is 8.13. The van der Waals surface area contributed by atoms with Gasteiger partial charge in [-0.05, 0) is 37.1 Å². The molecule has 1 aromatic carbocycles. The summed E-state index contributed by atoms with van der Waals surface area (Å²) < 4.78 is 0.